The van der Waals surface area contributed by atoms with E-state index in [9.17, 15) is 9.59 Å². The molecular weight excluding hydrogens is 254 g/mol. The molecule has 0 spiro atoms. The van der Waals surface area contributed by atoms with Gasteiger partial charge in [-0.1, -0.05) is 13.0 Å². The van der Waals surface area contributed by atoms with Crippen molar-refractivity contribution in [2.75, 3.05) is 25.9 Å². The van der Waals surface area contributed by atoms with E-state index in [2.05, 4.69) is 18.7 Å². The number of nitrogens with two attached hydrogens (primary N) is 1. The van der Waals surface area contributed by atoms with E-state index in [1.807, 2.05) is 7.05 Å². The Morgan fingerprint density at radius 3 is 2.60 bits per heavy atom. The number of rotatable bonds is 5. The maximum Gasteiger partial charge on any atom is 0.263 e. The largest absolute Gasteiger partial charge is 0.398 e. The molecule has 1 aromatic rings. The van der Waals surface area contributed by atoms with E-state index in [0.29, 0.717) is 35.9 Å². The fourth-order valence-electron chi connectivity index (χ4n) is 2.35. The summed E-state index contributed by atoms with van der Waals surface area (Å²) in [6.45, 7) is 5.30. The van der Waals surface area contributed by atoms with Crippen LogP contribution in [0.3, 0.4) is 0 Å². The fraction of sp³-hybridized carbons (Fsp3) is 0.467. The summed E-state index contributed by atoms with van der Waals surface area (Å²) in [5, 5.41) is 0. The Balaban J connectivity index is 2.11. The molecule has 0 aliphatic carbocycles. The first kappa shape index (κ1) is 14.5. The maximum atomic E-state index is 12.3. The molecule has 2 N–H and O–H groups in total. The summed E-state index contributed by atoms with van der Waals surface area (Å²) in [6, 6.07) is 5.44. The van der Waals surface area contributed by atoms with Crippen LogP contribution in [0, 0.1) is 0 Å². The van der Waals surface area contributed by atoms with Crippen molar-refractivity contribution < 1.29 is 9.59 Å². The summed E-state index contributed by atoms with van der Waals surface area (Å²) in [4.78, 5) is 28.0. The van der Waals surface area contributed by atoms with Gasteiger partial charge in [0.25, 0.3) is 11.8 Å². The molecule has 0 saturated heterocycles. The third kappa shape index (κ3) is 2.41. The highest BCUT2D eigenvalue weighted by molar-refractivity contribution is 6.23. The molecule has 0 bridgehead atoms. The summed E-state index contributed by atoms with van der Waals surface area (Å²) < 4.78 is 0. The van der Waals surface area contributed by atoms with E-state index in [-0.39, 0.29) is 11.8 Å². The number of amides is 2. The third-order valence-electron chi connectivity index (χ3n) is 4.05. The first-order valence-electron chi connectivity index (χ1n) is 6.92. The molecule has 0 saturated carbocycles. The van der Waals surface area contributed by atoms with Gasteiger partial charge in [0.1, 0.15) is 0 Å². The minimum absolute atomic E-state index is 0.241. The standard InChI is InChI=1S/C15H21N3O2/c1-4-10(2)17(3)8-9-18-14(19)11-6-5-7-12(16)13(11)15(18)20/h5-7,10H,4,8-9,16H2,1-3H3. The van der Waals surface area contributed by atoms with Crippen LogP contribution in [0.15, 0.2) is 18.2 Å². The minimum Gasteiger partial charge on any atom is -0.398 e. The van der Waals surface area contributed by atoms with Crippen LogP contribution >= 0.6 is 0 Å². The van der Waals surface area contributed by atoms with Crippen LogP contribution in [0.4, 0.5) is 5.69 Å². The summed E-state index contributed by atoms with van der Waals surface area (Å²) in [5.74, 6) is -0.518. The van der Waals surface area contributed by atoms with Crippen molar-refractivity contribution in [3.63, 3.8) is 0 Å². The summed E-state index contributed by atoms with van der Waals surface area (Å²) >= 11 is 0. The number of likely N-dealkylation sites (N-methyl/N-ethyl adjacent to an activating group) is 1. The predicted octanol–water partition coefficient (Wildman–Crippen LogP) is 1.60. The number of benzene rings is 1. The lowest BCUT2D eigenvalue weighted by Gasteiger charge is -2.25. The second-order valence-corrected chi connectivity index (χ2v) is 5.27. The summed E-state index contributed by atoms with van der Waals surface area (Å²) in [7, 11) is 2.00. The van der Waals surface area contributed by atoms with Gasteiger partial charge in [-0.25, -0.2) is 0 Å². The molecule has 1 unspecified atom stereocenters. The number of anilines is 1. The zero-order valence-electron chi connectivity index (χ0n) is 12.2. The Morgan fingerprint density at radius 1 is 1.30 bits per heavy atom. The molecule has 1 heterocycles. The Hall–Kier alpha value is -1.88. The number of nitrogen functional groups attached to an aromatic ring is 1. The molecule has 0 radical (unpaired) electrons. The smallest absolute Gasteiger partial charge is 0.263 e. The van der Waals surface area contributed by atoms with E-state index in [1.165, 1.54) is 4.90 Å². The second-order valence-electron chi connectivity index (χ2n) is 5.27. The molecular formula is C15H21N3O2. The van der Waals surface area contributed by atoms with Gasteiger partial charge >= 0.3 is 0 Å². The molecule has 20 heavy (non-hydrogen) atoms. The zero-order valence-corrected chi connectivity index (χ0v) is 12.2. The van der Waals surface area contributed by atoms with Crippen LogP contribution in [-0.2, 0) is 0 Å². The predicted molar refractivity (Wildman–Crippen MR) is 78.6 cm³/mol. The first-order chi connectivity index (χ1) is 9.47. The van der Waals surface area contributed by atoms with Gasteiger partial charge in [0.05, 0.1) is 11.1 Å². The molecule has 5 heteroatoms. The second kappa shape index (κ2) is 5.63. The molecule has 108 valence electrons. The molecule has 1 aromatic carbocycles. The molecule has 1 aliphatic heterocycles. The van der Waals surface area contributed by atoms with Crippen LogP contribution in [-0.4, -0.2) is 47.8 Å². The highest BCUT2D eigenvalue weighted by Crippen LogP contribution is 2.27. The molecule has 1 aliphatic rings. The fourth-order valence-corrected chi connectivity index (χ4v) is 2.35. The van der Waals surface area contributed by atoms with Crippen molar-refractivity contribution in [3.8, 4) is 0 Å². The van der Waals surface area contributed by atoms with Gasteiger partial charge < -0.3 is 10.6 Å². The summed E-state index contributed by atoms with van der Waals surface area (Å²) in [6.07, 6.45) is 1.03. The topological polar surface area (TPSA) is 66.6 Å². The van der Waals surface area contributed by atoms with Gasteiger partial charge in [0.15, 0.2) is 0 Å². The van der Waals surface area contributed by atoms with E-state index < -0.39 is 0 Å². The van der Waals surface area contributed by atoms with E-state index in [0.717, 1.165) is 6.42 Å². The Bertz CT molecular complexity index is 542. The molecule has 2 rings (SSSR count). The number of hydrogen-bond acceptors (Lipinski definition) is 4. The number of nitrogens with zero attached hydrogens (tertiary/aromatic N) is 2. The molecule has 5 nitrogen and oxygen atoms in total. The lowest BCUT2D eigenvalue weighted by Crippen LogP contribution is -2.39. The van der Waals surface area contributed by atoms with Crippen molar-refractivity contribution >= 4 is 17.5 Å². The molecule has 0 fully saturated rings. The number of carbonyl (C=O) groups is 2. The highest BCUT2D eigenvalue weighted by atomic mass is 16.2. The van der Waals surface area contributed by atoms with Crippen molar-refractivity contribution in [3.05, 3.63) is 29.3 Å². The Morgan fingerprint density at radius 2 is 2.00 bits per heavy atom. The van der Waals surface area contributed by atoms with Crippen LogP contribution in [0.1, 0.15) is 41.0 Å². The Kier molecular flexibility index (Phi) is 4.09. The first-order valence-corrected chi connectivity index (χ1v) is 6.92. The number of imide groups is 1. The normalized spacial score (nSPS) is 15.9. The highest BCUT2D eigenvalue weighted by Gasteiger charge is 2.36. The van der Waals surface area contributed by atoms with Crippen molar-refractivity contribution in [1.29, 1.82) is 0 Å². The van der Waals surface area contributed by atoms with Gasteiger partial charge in [0.2, 0.25) is 0 Å². The minimum atomic E-state index is -0.277. The van der Waals surface area contributed by atoms with Gasteiger partial charge in [-0.05, 0) is 32.5 Å². The van der Waals surface area contributed by atoms with Gasteiger partial charge in [0, 0.05) is 24.8 Å². The van der Waals surface area contributed by atoms with E-state index >= 15 is 0 Å². The third-order valence-corrected chi connectivity index (χ3v) is 4.05. The van der Waals surface area contributed by atoms with Crippen molar-refractivity contribution in [2.24, 2.45) is 0 Å². The van der Waals surface area contributed by atoms with Crippen LogP contribution in [0.5, 0.6) is 0 Å². The zero-order chi connectivity index (χ0) is 14.9. The quantitative estimate of drug-likeness (QED) is 0.654. The monoisotopic (exact) mass is 275 g/mol. The lowest BCUT2D eigenvalue weighted by molar-refractivity contribution is 0.0634. The molecule has 2 amide bonds. The summed E-state index contributed by atoms with van der Waals surface area (Å²) in [5.41, 5.74) is 6.94. The van der Waals surface area contributed by atoms with Gasteiger partial charge in [-0.2, -0.15) is 0 Å². The average Bonchev–Trinajstić information content (AvgIpc) is 2.68. The SMILES string of the molecule is CCC(C)N(C)CCN1C(=O)c2cccc(N)c2C1=O. The van der Waals surface area contributed by atoms with Crippen LogP contribution in [0.25, 0.3) is 0 Å². The van der Waals surface area contributed by atoms with E-state index in [4.69, 9.17) is 5.73 Å². The van der Waals surface area contributed by atoms with Gasteiger partial charge in [-0.15, -0.1) is 0 Å². The Labute approximate surface area is 119 Å². The number of carbonyl (C=O) groups excluding carboxylic acids is 2. The lowest BCUT2D eigenvalue weighted by atomic mass is 10.1. The number of fused-ring (bicyclic) bond motifs is 1. The van der Waals surface area contributed by atoms with Crippen LogP contribution < -0.4 is 5.73 Å². The van der Waals surface area contributed by atoms with Gasteiger partial charge in [-0.3, -0.25) is 14.5 Å². The van der Waals surface area contributed by atoms with E-state index in [1.54, 1.807) is 18.2 Å². The van der Waals surface area contributed by atoms with Crippen LogP contribution in [0.2, 0.25) is 0 Å². The van der Waals surface area contributed by atoms with Crippen molar-refractivity contribution in [1.82, 2.24) is 9.80 Å². The molecule has 0 aromatic heterocycles. The van der Waals surface area contributed by atoms with Crippen molar-refractivity contribution in [2.45, 2.75) is 26.3 Å². The average molecular weight is 275 g/mol. The maximum absolute atomic E-state index is 12.3. The number of hydrogen-bond donors (Lipinski definition) is 1. The molecule has 1 atom stereocenters.